The van der Waals surface area contributed by atoms with Gasteiger partial charge in [0.25, 0.3) is 0 Å². The second-order valence-electron chi connectivity index (χ2n) is 7.25. The summed E-state index contributed by atoms with van der Waals surface area (Å²) in [5.41, 5.74) is 2.66. The van der Waals surface area contributed by atoms with Crippen LogP contribution in [0.2, 0.25) is 0 Å². The fraction of sp³-hybridized carbons (Fsp3) is 0.333. The van der Waals surface area contributed by atoms with Gasteiger partial charge >= 0.3 is 5.97 Å². The van der Waals surface area contributed by atoms with E-state index in [1.807, 2.05) is 18.2 Å². The lowest BCUT2D eigenvalue weighted by Gasteiger charge is -2.38. The summed E-state index contributed by atoms with van der Waals surface area (Å²) in [6.07, 6.45) is 1.44. The molecule has 0 aromatic heterocycles. The highest BCUT2D eigenvalue weighted by atomic mass is 16.4. The summed E-state index contributed by atoms with van der Waals surface area (Å²) >= 11 is 0. The van der Waals surface area contributed by atoms with Crippen LogP contribution in [0.5, 0.6) is 0 Å². The highest BCUT2D eigenvalue weighted by molar-refractivity contribution is 6.08. The van der Waals surface area contributed by atoms with E-state index in [2.05, 4.69) is 17.0 Å². The van der Waals surface area contributed by atoms with E-state index in [1.54, 1.807) is 30.1 Å². The zero-order valence-corrected chi connectivity index (χ0v) is 14.8. The molecule has 2 aliphatic heterocycles. The summed E-state index contributed by atoms with van der Waals surface area (Å²) in [5.74, 6) is -0.860. The van der Waals surface area contributed by atoms with Crippen molar-refractivity contribution in [1.82, 2.24) is 4.90 Å². The van der Waals surface area contributed by atoms with Crippen LogP contribution in [0.1, 0.15) is 34.3 Å². The van der Waals surface area contributed by atoms with Crippen LogP contribution in [0, 0.1) is 0 Å². The maximum absolute atomic E-state index is 13.0. The highest BCUT2D eigenvalue weighted by Crippen LogP contribution is 2.47. The van der Waals surface area contributed by atoms with Crippen LogP contribution in [0.15, 0.2) is 48.5 Å². The highest BCUT2D eigenvalue weighted by Gasteiger charge is 2.51. The lowest BCUT2D eigenvalue weighted by atomic mass is 9.73. The van der Waals surface area contributed by atoms with Crippen molar-refractivity contribution >= 4 is 17.6 Å². The first-order valence-electron chi connectivity index (χ1n) is 8.93. The van der Waals surface area contributed by atoms with Gasteiger partial charge in [-0.3, -0.25) is 9.69 Å². The molecule has 5 heteroatoms. The van der Waals surface area contributed by atoms with Crippen molar-refractivity contribution in [2.24, 2.45) is 0 Å². The Morgan fingerprint density at radius 1 is 1.12 bits per heavy atom. The van der Waals surface area contributed by atoms with Crippen LogP contribution in [0.3, 0.4) is 0 Å². The van der Waals surface area contributed by atoms with Crippen molar-refractivity contribution in [2.75, 3.05) is 25.0 Å². The van der Waals surface area contributed by atoms with Gasteiger partial charge in [-0.2, -0.15) is 0 Å². The fourth-order valence-corrected chi connectivity index (χ4v) is 4.31. The number of carbonyl (C=O) groups excluding carboxylic acids is 1. The molecule has 2 heterocycles. The van der Waals surface area contributed by atoms with Crippen LogP contribution < -0.4 is 4.90 Å². The minimum absolute atomic E-state index is 0.0920. The van der Waals surface area contributed by atoms with E-state index in [-0.39, 0.29) is 11.5 Å². The van der Waals surface area contributed by atoms with Gasteiger partial charge in [-0.15, -0.1) is 0 Å². The Hall–Kier alpha value is -2.66. The lowest BCUT2D eigenvalue weighted by Crippen LogP contribution is -2.47. The van der Waals surface area contributed by atoms with Gasteiger partial charge in [-0.05, 0) is 55.3 Å². The number of nitrogens with zero attached hydrogens (tertiary/aromatic N) is 2. The van der Waals surface area contributed by atoms with E-state index in [0.29, 0.717) is 0 Å². The fourth-order valence-electron chi connectivity index (χ4n) is 4.31. The summed E-state index contributed by atoms with van der Waals surface area (Å²) < 4.78 is 0. The third-order valence-corrected chi connectivity index (χ3v) is 5.79. The average molecular weight is 350 g/mol. The standard InChI is InChI=1S/C21H22N2O3/c1-22-18-8-7-16(19(24)25)13-17(18)21(20(22)26)9-11-23(12-10-21)14-15-5-3-2-4-6-15/h2-8,13H,9-12,14H2,1H3,(H,24,25). The third kappa shape index (κ3) is 2.59. The second kappa shape index (κ2) is 6.25. The largest absolute Gasteiger partial charge is 0.478 e. The van der Waals surface area contributed by atoms with Crippen molar-refractivity contribution in [3.8, 4) is 0 Å². The Balaban J connectivity index is 1.59. The number of carboxylic acid groups (broad SMARTS) is 1. The smallest absolute Gasteiger partial charge is 0.335 e. The van der Waals surface area contributed by atoms with Gasteiger partial charge in [0.05, 0.1) is 11.0 Å². The zero-order chi connectivity index (χ0) is 18.3. The molecular weight excluding hydrogens is 328 g/mol. The quantitative estimate of drug-likeness (QED) is 0.925. The van der Waals surface area contributed by atoms with Crippen LogP contribution in [0.4, 0.5) is 5.69 Å². The number of rotatable bonds is 3. The van der Waals surface area contributed by atoms with Crippen molar-refractivity contribution in [3.05, 3.63) is 65.2 Å². The number of piperidine rings is 1. The van der Waals surface area contributed by atoms with Crippen molar-refractivity contribution in [1.29, 1.82) is 0 Å². The second-order valence-corrected chi connectivity index (χ2v) is 7.25. The van der Waals surface area contributed by atoms with Crippen LogP contribution in [-0.4, -0.2) is 42.0 Å². The summed E-state index contributed by atoms with van der Waals surface area (Å²) in [6.45, 7) is 2.53. The van der Waals surface area contributed by atoms with Crippen LogP contribution >= 0.6 is 0 Å². The normalized spacial score (nSPS) is 19.0. The molecule has 1 saturated heterocycles. The molecule has 0 aliphatic carbocycles. The van der Waals surface area contributed by atoms with Crippen LogP contribution in [-0.2, 0) is 16.8 Å². The van der Waals surface area contributed by atoms with E-state index < -0.39 is 11.4 Å². The van der Waals surface area contributed by atoms with Gasteiger partial charge in [0.15, 0.2) is 0 Å². The minimum atomic E-state index is -0.952. The first-order chi connectivity index (χ1) is 12.5. The number of likely N-dealkylation sites (tertiary alicyclic amines) is 1. The molecular formula is C21H22N2O3. The third-order valence-electron chi connectivity index (χ3n) is 5.79. The predicted molar refractivity (Wildman–Crippen MR) is 99.4 cm³/mol. The number of hydrogen-bond acceptors (Lipinski definition) is 3. The molecule has 0 radical (unpaired) electrons. The maximum atomic E-state index is 13.0. The molecule has 1 fully saturated rings. The van der Waals surface area contributed by atoms with Crippen molar-refractivity contribution in [2.45, 2.75) is 24.8 Å². The molecule has 1 spiro atoms. The monoisotopic (exact) mass is 350 g/mol. The molecule has 0 unspecified atom stereocenters. The first-order valence-corrected chi connectivity index (χ1v) is 8.93. The maximum Gasteiger partial charge on any atom is 0.335 e. The Bertz CT molecular complexity index is 855. The van der Waals surface area contributed by atoms with E-state index in [0.717, 1.165) is 43.7 Å². The van der Waals surface area contributed by atoms with Gasteiger partial charge in [0.2, 0.25) is 5.91 Å². The van der Waals surface area contributed by atoms with Gasteiger partial charge in [-0.1, -0.05) is 30.3 Å². The number of hydrogen-bond donors (Lipinski definition) is 1. The molecule has 1 amide bonds. The zero-order valence-electron chi connectivity index (χ0n) is 14.8. The van der Waals surface area contributed by atoms with Crippen LogP contribution in [0.25, 0.3) is 0 Å². The van der Waals surface area contributed by atoms with E-state index >= 15 is 0 Å². The van der Waals surface area contributed by atoms with Gasteiger partial charge < -0.3 is 10.0 Å². The number of carbonyl (C=O) groups is 2. The lowest BCUT2D eigenvalue weighted by molar-refractivity contribution is -0.124. The summed E-state index contributed by atoms with van der Waals surface area (Å²) in [7, 11) is 1.78. The molecule has 0 saturated carbocycles. The number of likely N-dealkylation sites (N-methyl/N-ethyl adjacent to an activating group) is 1. The molecule has 2 aliphatic rings. The van der Waals surface area contributed by atoms with Crippen molar-refractivity contribution < 1.29 is 14.7 Å². The van der Waals surface area contributed by atoms with Gasteiger partial charge in [0, 0.05) is 19.3 Å². The minimum Gasteiger partial charge on any atom is -0.478 e. The number of carboxylic acids is 1. The predicted octanol–water partition coefficient (Wildman–Crippen LogP) is 2.90. The molecule has 134 valence electrons. The summed E-state index contributed by atoms with van der Waals surface area (Å²) in [4.78, 5) is 28.5. The topological polar surface area (TPSA) is 60.9 Å². The Labute approximate surface area is 152 Å². The van der Waals surface area contributed by atoms with Gasteiger partial charge in [-0.25, -0.2) is 4.79 Å². The van der Waals surface area contributed by atoms with Crippen molar-refractivity contribution in [3.63, 3.8) is 0 Å². The number of amides is 1. The number of anilines is 1. The molecule has 2 aromatic rings. The molecule has 4 rings (SSSR count). The summed E-state index contributed by atoms with van der Waals surface area (Å²) in [6, 6.07) is 15.4. The molecule has 26 heavy (non-hydrogen) atoms. The van der Waals surface area contributed by atoms with Gasteiger partial charge in [0.1, 0.15) is 0 Å². The first kappa shape index (κ1) is 16.8. The van der Waals surface area contributed by atoms with E-state index in [4.69, 9.17) is 0 Å². The molecule has 5 nitrogen and oxygen atoms in total. The average Bonchev–Trinajstić information content (AvgIpc) is 2.86. The van der Waals surface area contributed by atoms with E-state index in [9.17, 15) is 14.7 Å². The molecule has 0 atom stereocenters. The molecule has 2 aromatic carbocycles. The number of aromatic carboxylic acids is 1. The molecule has 0 bridgehead atoms. The SMILES string of the molecule is CN1C(=O)C2(CCN(Cc3ccccc3)CC2)c2cc(C(=O)O)ccc21. The summed E-state index contributed by atoms with van der Waals surface area (Å²) in [5, 5.41) is 9.33. The number of benzene rings is 2. The molecule has 1 N–H and O–H groups in total. The number of fused-ring (bicyclic) bond motifs is 2. The van der Waals surface area contributed by atoms with E-state index in [1.165, 1.54) is 5.56 Å². The Morgan fingerprint density at radius 2 is 1.81 bits per heavy atom. The Kier molecular flexibility index (Phi) is 4.04. The Morgan fingerprint density at radius 3 is 2.46 bits per heavy atom.